The summed E-state index contributed by atoms with van der Waals surface area (Å²) < 4.78 is 5.39. The quantitative estimate of drug-likeness (QED) is 0.737. The normalized spacial score (nSPS) is 22.2. The maximum absolute atomic E-state index is 11.8. The zero-order chi connectivity index (χ0) is 11.9. The van der Waals surface area contributed by atoms with E-state index in [1.807, 2.05) is 27.8 Å². The number of cyclic esters (lactones) is 1. The summed E-state index contributed by atoms with van der Waals surface area (Å²) in [6.07, 6.45) is 0. The molecule has 0 aliphatic carbocycles. The monoisotopic (exact) mass is 220 g/mol. The molecule has 16 heavy (non-hydrogen) atoms. The molecular weight excluding hydrogens is 204 g/mol. The Morgan fingerprint density at radius 1 is 1.44 bits per heavy atom. The third kappa shape index (κ3) is 1.54. The molecule has 4 heteroatoms. The highest BCUT2D eigenvalue weighted by molar-refractivity contribution is 5.92. The first-order chi connectivity index (χ1) is 7.45. The number of hydrogen-bond donors (Lipinski definition) is 1. The van der Waals surface area contributed by atoms with Gasteiger partial charge in [-0.2, -0.15) is 0 Å². The Labute approximate surface area is 95.0 Å². The number of hydrogen-bond acceptors (Lipinski definition) is 4. The van der Waals surface area contributed by atoms with E-state index in [0.717, 1.165) is 11.5 Å². The lowest BCUT2D eigenvalue weighted by molar-refractivity contribution is -0.0189. The summed E-state index contributed by atoms with van der Waals surface area (Å²) in [5.41, 5.74) is 0.891. The predicted molar refractivity (Wildman–Crippen MR) is 61.7 cm³/mol. The van der Waals surface area contributed by atoms with Gasteiger partial charge in [0, 0.05) is 13.0 Å². The van der Waals surface area contributed by atoms with Crippen molar-refractivity contribution in [1.82, 2.24) is 4.98 Å². The van der Waals surface area contributed by atoms with E-state index in [-0.39, 0.29) is 11.9 Å². The number of esters is 1. The van der Waals surface area contributed by atoms with E-state index in [0.29, 0.717) is 5.56 Å². The van der Waals surface area contributed by atoms with Crippen molar-refractivity contribution in [2.75, 3.05) is 12.4 Å². The summed E-state index contributed by atoms with van der Waals surface area (Å²) >= 11 is 0. The summed E-state index contributed by atoms with van der Waals surface area (Å²) in [5, 5.41) is 2.98. The van der Waals surface area contributed by atoms with Crippen molar-refractivity contribution in [2.45, 2.75) is 32.3 Å². The standard InChI is InChI=1S/C12H16N2O2/c1-7-10-8(5-6-9(13-4)14-10)11(15)16-12(7,2)3/h5-7H,1-4H3,(H,13,14)/t7-/m1/s1. The zero-order valence-corrected chi connectivity index (χ0v) is 10.00. The highest BCUT2D eigenvalue weighted by Crippen LogP contribution is 2.37. The molecule has 0 aromatic carbocycles. The Bertz CT molecular complexity index is 441. The van der Waals surface area contributed by atoms with Crippen LogP contribution in [-0.2, 0) is 4.74 Å². The van der Waals surface area contributed by atoms with E-state index in [2.05, 4.69) is 10.3 Å². The molecule has 1 aromatic heterocycles. The van der Waals surface area contributed by atoms with Crippen LogP contribution in [0, 0.1) is 0 Å². The number of anilines is 1. The number of nitrogens with one attached hydrogen (secondary N) is 1. The Hall–Kier alpha value is -1.58. The average Bonchev–Trinajstić information content (AvgIpc) is 2.25. The third-order valence-electron chi connectivity index (χ3n) is 3.21. The lowest BCUT2D eigenvalue weighted by Crippen LogP contribution is -2.39. The van der Waals surface area contributed by atoms with Gasteiger partial charge in [-0.1, -0.05) is 6.92 Å². The number of fused-ring (bicyclic) bond motifs is 1. The van der Waals surface area contributed by atoms with Gasteiger partial charge in [0.2, 0.25) is 0 Å². The minimum atomic E-state index is -0.497. The van der Waals surface area contributed by atoms with Crippen molar-refractivity contribution in [3.63, 3.8) is 0 Å². The number of rotatable bonds is 1. The van der Waals surface area contributed by atoms with Gasteiger partial charge in [0.05, 0.1) is 11.3 Å². The molecule has 0 saturated carbocycles. The van der Waals surface area contributed by atoms with Crippen LogP contribution in [0.3, 0.4) is 0 Å². The minimum Gasteiger partial charge on any atom is -0.455 e. The van der Waals surface area contributed by atoms with Crippen molar-refractivity contribution in [2.24, 2.45) is 0 Å². The molecule has 1 aromatic rings. The van der Waals surface area contributed by atoms with E-state index in [1.54, 1.807) is 12.1 Å². The first-order valence-corrected chi connectivity index (χ1v) is 5.37. The molecule has 0 fully saturated rings. The average molecular weight is 220 g/mol. The number of ether oxygens (including phenoxy) is 1. The Kier molecular flexibility index (Phi) is 2.37. The largest absolute Gasteiger partial charge is 0.455 e. The summed E-state index contributed by atoms with van der Waals surface area (Å²) in [6.45, 7) is 5.84. The summed E-state index contributed by atoms with van der Waals surface area (Å²) in [7, 11) is 1.81. The van der Waals surface area contributed by atoms with Crippen molar-refractivity contribution < 1.29 is 9.53 Å². The van der Waals surface area contributed by atoms with Crippen LogP contribution in [0.4, 0.5) is 5.82 Å². The van der Waals surface area contributed by atoms with Crippen molar-refractivity contribution in [3.05, 3.63) is 23.4 Å². The van der Waals surface area contributed by atoms with Crippen LogP contribution >= 0.6 is 0 Å². The van der Waals surface area contributed by atoms with Crippen molar-refractivity contribution in [1.29, 1.82) is 0 Å². The molecule has 4 nitrogen and oxygen atoms in total. The van der Waals surface area contributed by atoms with E-state index in [4.69, 9.17) is 4.74 Å². The second-order valence-electron chi connectivity index (χ2n) is 4.59. The zero-order valence-electron chi connectivity index (χ0n) is 10.00. The smallest absolute Gasteiger partial charge is 0.340 e. The minimum absolute atomic E-state index is 0.0912. The van der Waals surface area contributed by atoms with Gasteiger partial charge < -0.3 is 10.1 Å². The third-order valence-corrected chi connectivity index (χ3v) is 3.21. The lowest BCUT2D eigenvalue weighted by atomic mass is 9.84. The van der Waals surface area contributed by atoms with Gasteiger partial charge in [0.25, 0.3) is 0 Å². The van der Waals surface area contributed by atoms with E-state index in [1.165, 1.54) is 0 Å². The van der Waals surface area contributed by atoms with Crippen molar-refractivity contribution in [3.8, 4) is 0 Å². The van der Waals surface area contributed by atoms with Gasteiger partial charge in [0.15, 0.2) is 0 Å². The molecular formula is C12H16N2O2. The molecule has 0 radical (unpaired) electrons. The van der Waals surface area contributed by atoms with Crippen LogP contribution in [0.5, 0.6) is 0 Å². The first kappa shape index (κ1) is 10.9. The summed E-state index contributed by atoms with van der Waals surface area (Å²) in [6, 6.07) is 3.55. The lowest BCUT2D eigenvalue weighted by Gasteiger charge is -2.36. The van der Waals surface area contributed by atoms with Gasteiger partial charge in [-0.15, -0.1) is 0 Å². The van der Waals surface area contributed by atoms with E-state index >= 15 is 0 Å². The molecule has 2 heterocycles. The van der Waals surface area contributed by atoms with Crippen LogP contribution in [0.15, 0.2) is 12.1 Å². The summed E-state index contributed by atoms with van der Waals surface area (Å²) in [5.74, 6) is 0.581. The SMILES string of the molecule is CNc1ccc2c(n1)[C@@H](C)C(C)(C)OC2=O. The molecule has 0 saturated heterocycles. The molecule has 1 aliphatic heterocycles. The van der Waals surface area contributed by atoms with E-state index in [9.17, 15) is 4.79 Å². The molecule has 2 rings (SSSR count). The number of aromatic nitrogens is 1. The fraction of sp³-hybridized carbons (Fsp3) is 0.500. The Balaban J connectivity index is 2.56. The van der Waals surface area contributed by atoms with Gasteiger partial charge in [-0.25, -0.2) is 9.78 Å². The maximum Gasteiger partial charge on any atom is 0.340 e. The number of carbonyl (C=O) groups is 1. The van der Waals surface area contributed by atoms with Crippen molar-refractivity contribution >= 4 is 11.8 Å². The van der Waals surface area contributed by atoms with Crippen LogP contribution in [-0.4, -0.2) is 23.6 Å². The van der Waals surface area contributed by atoms with Crippen LogP contribution in [0.2, 0.25) is 0 Å². The molecule has 0 unspecified atom stereocenters. The fourth-order valence-electron chi connectivity index (χ4n) is 1.83. The number of pyridine rings is 1. The van der Waals surface area contributed by atoms with Crippen LogP contribution in [0.25, 0.3) is 0 Å². The fourth-order valence-corrected chi connectivity index (χ4v) is 1.83. The van der Waals surface area contributed by atoms with Gasteiger partial charge in [-0.3, -0.25) is 0 Å². The second kappa shape index (κ2) is 3.47. The second-order valence-corrected chi connectivity index (χ2v) is 4.59. The van der Waals surface area contributed by atoms with Gasteiger partial charge >= 0.3 is 5.97 Å². The topological polar surface area (TPSA) is 51.2 Å². The maximum atomic E-state index is 11.8. The molecule has 1 atom stereocenters. The number of carbonyl (C=O) groups excluding carboxylic acids is 1. The molecule has 0 bridgehead atoms. The van der Waals surface area contributed by atoms with Gasteiger partial charge in [-0.05, 0) is 26.0 Å². The molecule has 0 spiro atoms. The molecule has 0 amide bonds. The van der Waals surface area contributed by atoms with E-state index < -0.39 is 5.60 Å². The molecule has 1 N–H and O–H groups in total. The molecule has 86 valence electrons. The van der Waals surface area contributed by atoms with Crippen LogP contribution < -0.4 is 5.32 Å². The molecule has 1 aliphatic rings. The van der Waals surface area contributed by atoms with Gasteiger partial charge in [0.1, 0.15) is 11.4 Å². The van der Waals surface area contributed by atoms with Crippen LogP contribution in [0.1, 0.15) is 42.7 Å². The Morgan fingerprint density at radius 2 is 2.12 bits per heavy atom. The highest BCUT2D eigenvalue weighted by atomic mass is 16.6. The number of nitrogens with zero attached hydrogens (tertiary/aromatic N) is 1. The first-order valence-electron chi connectivity index (χ1n) is 5.37. The predicted octanol–water partition coefficient (Wildman–Crippen LogP) is 2.18. The highest BCUT2D eigenvalue weighted by Gasteiger charge is 2.40. The Morgan fingerprint density at radius 3 is 2.75 bits per heavy atom. The summed E-state index contributed by atoms with van der Waals surface area (Å²) in [4.78, 5) is 16.2.